The number of nitrogens with one attached hydrogen (secondary N) is 1. The van der Waals surface area contributed by atoms with Crippen LogP contribution in [0, 0.1) is 5.92 Å². The van der Waals surface area contributed by atoms with Gasteiger partial charge < -0.3 is 5.32 Å². The summed E-state index contributed by atoms with van der Waals surface area (Å²) in [6.07, 6.45) is 3.21. The number of carbonyl (C=O) groups excluding carboxylic acids is 2. The van der Waals surface area contributed by atoms with Gasteiger partial charge in [-0.3, -0.25) is 19.6 Å². The van der Waals surface area contributed by atoms with Crippen molar-refractivity contribution in [3.8, 4) is 0 Å². The summed E-state index contributed by atoms with van der Waals surface area (Å²) in [7, 11) is -3.27. The fourth-order valence-electron chi connectivity index (χ4n) is 3.48. The Kier molecular flexibility index (Phi) is 7.71. The highest BCUT2D eigenvalue weighted by molar-refractivity contribution is 7.91. The molecular formula is C25H27N3O4S. The first-order valence-corrected chi connectivity index (χ1v) is 12.4. The van der Waals surface area contributed by atoms with Gasteiger partial charge in [0.15, 0.2) is 15.6 Å². The molecule has 3 rings (SSSR count). The Labute approximate surface area is 194 Å². The van der Waals surface area contributed by atoms with E-state index in [0.29, 0.717) is 22.6 Å². The lowest BCUT2D eigenvalue weighted by molar-refractivity contribution is -0.115. The highest BCUT2D eigenvalue weighted by Crippen LogP contribution is 2.26. The van der Waals surface area contributed by atoms with Crippen molar-refractivity contribution in [2.45, 2.75) is 38.0 Å². The first-order valence-electron chi connectivity index (χ1n) is 10.7. The van der Waals surface area contributed by atoms with E-state index < -0.39 is 15.8 Å². The monoisotopic (exact) mass is 465 g/mol. The van der Waals surface area contributed by atoms with Crippen molar-refractivity contribution < 1.29 is 18.0 Å². The van der Waals surface area contributed by atoms with Gasteiger partial charge in [0.1, 0.15) is 5.69 Å². The number of pyridine rings is 2. The molecule has 0 aliphatic carbocycles. The van der Waals surface area contributed by atoms with Crippen molar-refractivity contribution in [1.82, 2.24) is 9.97 Å². The van der Waals surface area contributed by atoms with Gasteiger partial charge in [0.05, 0.1) is 40.6 Å². The number of hydrogen-bond donors (Lipinski definition) is 1. The fraction of sp³-hybridized carbons (Fsp3) is 0.280. The molecule has 7 nitrogen and oxygen atoms in total. The molecule has 1 aromatic carbocycles. The molecule has 0 spiro atoms. The molecule has 0 aliphatic rings. The highest BCUT2D eigenvalue weighted by atomic mass is 32.2. The van der Waals surface area contributed by atoms with Crippen molar-refractivity contribution in [3.05, 3.63) is 83.9 Å². The number of Topliss-reactive ketones (excluding diaryl/α,β-unsaturated/α-hetero) is 1. The van der Waals surface area contributed by atoms with E-state index >= 15 is 0 Å². The lowest BCUT2D eigenvalue weighted by Gasteiger charge is -2.18. The zero-order valence-electron chi connectivity index (χ0n) is 18.9. The number of benzene rings is 1. The van der Waals surface area contributed by atoms with Gasteiger partial charge in [0.25, 0.3) is 0 Å². The molecule has 0 saturated heterocycles. The normalized spacial score (nSPS) is 12.4. The number of anilines is 1. The molecule has 1 atom stereocenters. The van der Waals surface area contributed by atoms with Crippen molar-refractivity contribution in [2.75, 3.05) is 11.1 Å². The molecule has 8 heteroatoms. The first-order chi connectivity index (χ1) is 15.7. The van der Waals surface area contributed by atoms with Crippen LogP contribution in [0.3, 0.4) is 0 Å². The summed E-state index contributed by atoms with van der Waals surface area (Å²) in [5.41, 5.74) is 2.18. The number of amides is 1. The Morgan fingerprint density at radius 2 is 1.70 bits per heavy atom. The summed E-state index contributed by atoms with van der Waals surface area (Å²) in [4.78, 5) is 34.3. The quantitative estimate of drug-likeness (QED) is 0.478. The average molecular weight is 466 g/mol. The maximum atomic E-state index is 13.0. The third kappa shape index (κ3) is 6.10. The van der Waals surface area contributed by atoms with Gasteiger partial charge in [-0.2, -0.15) is 0 Å². The van der Waals surface area contributed by atoms with Crippen molar-refractivity contribution in [1.29, 1.82) is 0 Å². The van der Waals surface area contributed by atoms with E-state index in [-0.39, 0.29) is 34.7 Å². The van der Waals surface area contributed by atoms with Gasteiger partial charge in [-0.25, -0.2) is 8.42 Å². The van der Waals surface area contributed by atoms with E-state index in [1.54, 1.807) is 37.4 Å². The Bertz CT molecular complexity index is 1210. The third-order valence-corrected chi connectivity index (χ3v) is 7.03. The van der Waals surface area contributed by atoms with Gasteiger partial charge in [-0.15, -0.1) is 0 Å². The van der Waals surface area contributed by atoms with E-state index in [0.717, 1.165) is 0 Å². The van der Waals surface area contributed by atoms with Crippen LogP contribution in [-0.4, -0.2) is 35.8 Å². The predicted octanol–water partition coefficient (Wildman–Crippen LogP) is 4.07. The van der Waals surface area contributed by atoms with Gasteiger partial charge in [-0.05, 0) is 47.9 Å². The molecule has 0 bridgehead atoms. The summed E-state index contributed by atoms with van der Waals surface area (Å²) < 4.78 is 23.8. The Morgan fingerprint density at radius 3 is 2.24 bits per heavy atom. The van der Waals surface area contributed by atoms with Crippen LogP contribution in [0.4, 0.5) is 5.69 Å². The third-order valence-electron chi connectivity index (χ3n) is 5.28. The van der Waals surface area contributed by atoms with Crippen LogP contribution in [0.2, 0.25) is 0 Å². The second-order valence-corrected chi connectivity index (χ2v) is 10.3. The number of ketones is 1. The number of carbonyl (C=O) groups is 2. The Hall–Kier alpha value is -3.39. The van der Waals surface area contributed by atoms with Crippen molar-refractivity contribution in [2.24, 2.45) is 5.92 Å². The maximum Gasteiger partial charge on any atom is 0.228 e. The van der Waals surface area contributed by atoms with Gasteiger partial charge in [-0.1, -0.05) is 39.0 Å². The molecule has 2 heterocycles. The average Bonchev–Trinajstić information content (AvgIpc) is 2.80. The van der Waals surface area contributed by atoms with Crippen LogP contribution in [-0.2, 0) is 21.1 Å². The van der Waals surface area contributed by atoms with E-state index in [4.69, 9.17) is 0 Å². The van der Waals surface area contributed by atoms with Gasteiger partial charge in [0.2, 0.25) is 5.91 Å². The minimum absolute atomic E-state index is 0.0259. The molecule has 0 radical (unpaired) electrons. The SMILES string of the molecule is CCS(=O)(=O)c1ccc(CC(=O)Nc2ccc(C(=O)C(c3ccccn3)C(C)C)nc2)cc1. The number of nitrogens with zero attached hydrogens (tertiary/aromatic N) is 2. The molecular weight excluding hydrogens is 438 g/mol. The molecule has 0 aliphatic heterocycles. The molecule has 1 amide bonds. The summed E-state index contributed by atoms with van der Waals surface area (Å²) in [6, 6.07) is 15.0. The molecule has 1 unspecified atom stereocenters. The van der Waals surface area contributed by atoms with Crippen molar-refractivity contribution in [3.63, 3.8) is 0 Å². The van der Waals surface area contributed by atoms with E-state index in [2.05, 4.69) is 15.3 Å². The molecule has 0 fully saturated rings. The summed E-state index contributed by atoms with van der Waals surface area (Å²) in [5.74, 6) is -0.719. The molecule has 3 aromatic rings. The number of rotatable bonds is 9. The van der Waals surface area contributed by atoms with Crippen LogP contribution in [0.5, 0.6) is 0 Å². The summed E-state index contributed by atoms with van der Waals surface area (Å²) in [6.45, 7) is 5.52. The smallest absolute Gasteiger partial charge is 0.228 e. The summed E-state index contributed by atoms with van der Waals surface area (Å²) in [5, 5.41) is 2.75. The van der Waals surface area contributed by atoms with Gasteiger partial charge >= 0.3 is 0 Å². The maximum absolute atomic E-state index is 13.0. The minimum Gasteiger partial charge on any atom is -0.324 e. The topological polar surface area (TPSA) is 106 Å². The second kappa shape index (κ2) is 10.5. The van der Waals surface area contributed by atoms with Crippen LogP contribution in [0.25, 0.3) is 0 Å². The second-order valence-electron chi connectivity index (χ2n) is 8.04. The van der Waals surface area contributed by atoms with E-state index in [1.165, 1.54) is 18.3 Å². The zero-order chi connectivity index (χ0) is 24.0. The first kappa shape index (κ1) is 24.3. The standard InChI is InChI=1S/C25H27N3O4S/c1-4-33(31,32)20-11-8-18(9-12-20)15-23(29)28-19-10-13-22(27-16-19)25(30)24(17(2)3)21-7-5-6-14-26-21/h5-14,16-17,24H,4,15H2,1-3H3,(H,28,29). The zero-order valence-corrected chi connectivity index (χ0v) is 19.7. The summed E-state index contributed by atoms with van der Waals surface area (Å²) >= 11 is 0. The van der Waals surface area contributed by atoms with Crippen LogP contribution < -0.4 is 5.32 Å². The van der Waals surface area contributed by atoms with Gasteiger partial charge in [0, 0.05) is 6.20 Å². The van der Waals surface area contributed by atoms with Crippen LogP contribution in [0.15, 0.2) is 71.9 Å². The minimum atomic E-state index is -3.27. The molecule has 2 aromatic heterocycles. The molecule has 172 valence electrons. The largest absolute Gasteiger partial charge is 0.324 e. The molecule has 1 N–H and O–H groups in total. The lowest BCUT2D eigenvalue weighted by atomic mass is 9.86. The van der Waals surface area contributed by atoms with E-state index in [1.807, 2.05) is 32.0 Å². The van der Waals surface area contributed by atoms with E-state index in [9.17, 15) is 18.0 Å². The number of hydrogen-bond acceptors (Lipinski definition) is 6. The molecule has 33 heavy (non-hydrogen) atoms. The number of sulfone groups is 1. The lowest BCUT2D eigenvalue weighted by Crippen LogP contribution is -2.21. The fourth-order valence-corrected chi connectivity index (χ4v) is 4.37. The van der Waals surface area contributed by atoms with Crippen LogP contribution in [0.1, 0.15) is 48.4 Å². The predicted molar refractivity (Wildman–Crippen MR) is 127 cm³/mol. The highest BCUT2D eigenvalue weighted by Gasteiger charge is 2.27. The number of aromatic nitrogens is 2. The molecule has 0 saturated carbocycles. The Balaban J connectivity index is 1.65. The van der Waals surface area contributed by atoms with Crippen LogP contribution >= 0.6 is 0 Å². The Morgan fingerprint density at radius 1 is 0.970 bits per heavy atom. The van der Waals surface area contributed by atoms with Crippen molar-refractivity contribution >= 4 is 27.2 Å².